The van der Waals surface area contributed by atoms with Gasteiger partial charge >= 0.3 is 0 Å². The molecule has 0 saturated heterocycles. The number of fused-ring (bicyclic) bond motifs is 2. The van der Waals surface area contributed by atoms with Crippen LogP contribution in [0.3, 0.4) is 0 Å². The number of rotatable bonds is 3. The Kier molecular flexibility index (Phi) is 4.69. The number of hydrogen-bond donors (Lipinski definition) is 0. The van der Waals surface area contributed by atoms with Crippen LogP contribution in [0.25, 0.3) is 6.08 Å². The molecule has 0 N–H and O–H groups in total. The molecule has 3 aromatic rings. The molecular formula is C28H26N2O4. The number of carbonyl (C=O) groups excluding carboxylic acids is 1. The molecule has 0 aliphatic carbocycles. The Morgan fingerprint density at radius 2 is 1.68 bits per heavy atom. The second-order valence-corrected chi connectivity index (χ2v) is 9.66. The van der Waals surface area contributed by atoms with Crippen LogP contribution in [0.2, 0.25) is 0 Å². The lowest BCUT2D eigenvalue weighted by Gasteiger charge is -2.45. The number of nitro benzene ring substituents is 1. The maximum absolute atomic E-state index is 13.3. The summed E-state index contributed by atoms with van der Waals surface area (Å²) in [5, 5.41) is 11.2. The van der Waals surface area contributed by atoms with Gasteiger partial charge in [-0.2, -0.15) is 0 Å². The third-order valence-electron chi connectivity index (χ3n) is 7.41. The summed E-state index contributed by atoms with van der Waals surface area (Å²) < 4.78 is 6.57. The Morgan fingerprint density at radius 1 is 0.971 bits per heavy atom. The zero-order valence-electron chi connectivity index (χ0n) is 19.9. The van der Waals surface area contributed by atoms with E-state index in [0.717, 1.165) is 22.4 Å². The third-order valence-corrected chi connectivity index (χ3v) is 7.41. The van der Waals surface area contributed by atoms with Crippen LogP contribution >= 0.6 is 0 Å². The molecule has 0 amide bonds. The minimum absolute atomic E-state index is 0.0111. The van der Waals surface area contributed by atoms with E-state index in [1.54, 1.807) is 6.07 Å². The minimum atomic E-state index is -0.833. The summed E-state index contributed by atoms with van der Waals surface area (Å²) in [5.74, 6) is 0.579. The van der Waals surface area contributed by atoms with E-state index in [0.29, 0.717) is 22.4 Å². The molecule has 1 atom stereocenters. The van der Waals surface area contributed by atoms with Gasteiger partial charge in [-0.3, -0.25) is 14.9 Å². The number of benzene rings is 3. The monoisotopic (exact) mass is 454 g/mol. The Labute approximate surface area is 198 Å². The molecule has 6 nitrogen and oxygen atoms in total. The topological polar surface area (TPSA) is 72.7 Å². The van der Waals surface area contributed by atoms with E-state index in [-0.39, 0.29) is 11.5 Å². The second kappa shape index (κ2) is 7.29. The summed E-state index contributed by atoms with van der Waals surface area (Å²) in [6.07, 6.45) is 3.85. The average Bonchev–Trinajstić information content (AvgIpc) is 2.97. The van der Waals surface area contributed by atoms with Crippen molar-refractivity contribution in [2.75, 3.05) is 11.9 Å². The van der Waals surface area contributed by atoms with Crippen molar-refractivity contribution in [2.24, 2.45) is 0 Å². The SMILES string of the molecule is Cc1ccc(C(=O)c2ccc3c(c2)C(C)(C)C2(C=Cc4cc([N+](=O)[O-])ccc4O2)N3C)cc1C. The van der Waals surface area contributed by atoms with Crippen molar-refractivity contribution < 1.29 is 14.5 Å². The van der Waals surface area contributed by atoms with Gasteiger partial charge in [-0.25, -0.2) is 0 Å². The van der Waals surface area contributed by atoms with E-state index in [2.05, 4.69) is 18.7 Å². The van der Waals surface area contributed by atoms with E-state index in [1.807, 2.05) is 69.4 Å². The number of non-ortho nitro benzene ring substituents is 1. The Balaban J connectivity index is 1.55. The Bertz CT molecular complexity index is 1410. The smallest absolute Gasteiger partial charge is 0.270 e. The number of aryl methyl sites for hydroxylation is 2. The zero-order valence-corrected chi connectivity index (χ0v) is 19.9. The van der Waals surface area contributed by atoms with Crippen LogP contribution < -0.4 is 9.64 Å². The maximum atomic E-state index is 13.3. The molecule has 1 unspecified atom stereocenters. The van der Waals surface area contributed by atoms with Crippen molar-refractivity contribution in [1.82, 2.24) is 0 Å². The number of anilines is 1. The Morgan fingerprint density at radius 3 is 2.38 bits per heavy atom. The molecule has 0 saturated carbocycles. The molecule has 0 aromatic heterocycles. The summed E-state index contributed by atoms with van der Waals surface area (Å²) in [7, 11) is 1.97. The van der Waals surface area contributed by atoms with Crippen LogP contribution in [0.15, 0.2) is 60.7 Å². The number of ketones is 1. The quantitative estimate of drug-likeness (QED) is 0.277. The molecule has 1 spiro atoms. The summed E-state index contributed by atoms with van der Waals surface area (Å²) in [6.45, 7) is 8.24. The van der Waals surface area contributed by atoms with Gasteiger partial charge in [0.2, 0.25) is 5.72 Å². The number of hydrogen-bond acceptors (Lipinski definition) is 5. The number of nitrogens with zero attached hydrogens (tertiary/aromatic N) is 2. The lowest BCUT2D eigenvalue weighted by Crippen LogP contribution is -2.58. The molecule has 172 valence electrons. The van der Waals surface area contributed by atoms with Crippen LogP contribution in [-0.4, -0.2) is 23.5 Å². The van der Waals surface area contributed by atoms with E-state index in [4.69, 9.17) is 4.74 Å². The number of ether oxygens (including phenoxy) is 1. The fraction of sp³-hybridized carbons (Fsp3) is 0.250. The molecule has 6 heteroatoms. The fourth-order valence-electron chi connectivity index (χ4n) is 5.10. The highest BCUT2D eigenvalue weighted by molar-refractivity contribution is 6.09. The average molecular weight is 455 g/mol. The predicted octanol–water partition coefficient (Wildman–Crippen LogP) is 5.97. The van der Waals surface area contributed by atoms with Crippen LogP contribution in [-0.2, 0) is 5.41 Å². The van der Waals surface area contributed by atoms with Crippen LogP contribution in [0.4, 0.5) is 11.4 Å². The van der Waals surface area contributed by atoms with E-state index < -0.39 is 16.1 Å². The molecule has 2 aliphatic rings. The normalized spacial score (nSPS) is 19.5. The maximum Gasteiger partial charge on any atom is 0.270 e. The first-order chi connectivity index (χ1) is 16.0. The van der Waals surface area contributed by atoms with Crippen LogP contribution in [0.1, 0.15) is 52.0 Å². The first kappa shape index (κ1) is 21.9. The van der Waals surface area contributed by atoms with E-state index >= 15 is 0 Å². The Hall–Kier alpha value is -3.93. The summed E-state index contributed by atoms with van der Waals surface area (Å²) >= 11 is 0. The predicted molar refractivity (Wildman–Crippen MR) is 133 cm³/mol. The number of nitro groups is 1. The lowest BCUT2D eigenvalue weighted by atomic mass is 9.76. The minimum Gasteiger partial charge on any atom is -0.463 e. The van der Waals surface area contributed by atoms with Gasteiger partial charge in [-0.15, -0.1) is 0 Å². The molecule has 3 aromatic carbocycles. The van der Waals surface area contributed by atoms with E-state index in [9.17, 15) is 14.9 Å². The van der Waals surface area contributed by atoms with Crippen LogP contribution in [0, 0.1) is 24.0 Å². The molecule has 0 fully saturated rings. The highest BCUT2D eigenvalue weighted by atomic mass is 16.6. The summed E-state index contributed by atoms with van der Waals surface area (Å²) in [6, 6.07) is 16.2. The van der Waals surface area contributed by atoms with Crippen molar-refractivity contribution in [2.45, 2.75) is 38.8 Å². The lowest BCUT2D eigenvalue weighted by molar-refractivity contribution is -0.384. The third kappa shape index (κ3) is 2.98. The fourth-order valence-corrected chi connectivity index (χ4v) is 5.10. The highest BCUT2D eigenvalue weighted by Gasteiger charge is 2.57. The summed E-state index contributed by atoms with van der Waals surface area (Å²) in [5.41, 5.74) is 4.91. The molecular weight excluding hydrogens is 428 g/mol. The van der Waals surface area contributed by atoms with Gasteiger partial charge in [0.15, 0.2) is 5.78 Å². The second-order valence-electron chi connectivity index (χ2n) is 9.66. The van der Waals surface area contributed by atoms with Crippen LogP contribution in [0.5, 0.6) is 5.75 Å². The van der Waals surface area contributed by atoms with Crippen molar-refractivity contribution in [3.05, 3.63) is 104 Å². The molecule has 0 bridgehead atoms. The summed E-state index contributed by atoms with van der Waals surface area (Å²) in [4.78, 5) is 26.1. The molecule has 0 radical (unpaired) electrons. The van der Waals surface area contributed by atoms with Gasteiger partial charge in [0.25, 0.3) is 5.69 Å². The van der Waals surface area contributed by atoms with Gasteiger partial charge in [-0.05, 0) is 86.9 Å². The molecule has 34 heavy (non-hydrogen) atoms. The highest BCUT2D eigenvalue weighted by Crippen LogP contribution is 2.54. The van der Waals surface area contributed by atoms with Gasteiger partial charge in [0, 0.05) is 41.6 Å². The van der Waals surface area contributed by atoms with E-state index in [1.165, 1.54) is 12.1 Å². The number of carbonyl (C=O) groups is 1. The molecule has 2 heterocycles. The van der Waals surface area contributed by atoms with Gasteiger partial charge < -0.3 is 9.64 Å². The largest absolute Gasteiger partial charge is 0.463 e. The van der Waals surface area contributed by atoms with Gasteiger partial charge in [-0.1, -0.05) is 12.1 Å². The number of likely N-dealkylation sites (N-methyl/N-ethyl adjacent to an activating group) is 1. The van der Waals surface area contributed by atoms with Crippen molar-refractivity contribution in [1.29, 1.82) is 0 Å². The first-order valence-corrected chi connectivity index (χ1v) is 11.2. The zero-order chi connectivity index (χ0) is 24.4. The molecule has 5 rings (SSSR count). The molecule has 2 aliphatic heterocycles. The first-order valence-electron chi connectivity index (χ1n) is 11.2. The van der Waals surface area contributed by atoms with Crippen molar-refractivity contribution >= 4 is 23.2 Å². The van der Waals surface area contributed by atoms with Gasteiger partial charge in [0.1, 0.15) is 5.75 Å². The van der Waals surface area contributed by atoms with Crippen molar-refractivity contribution in [3.8, 4) is 5.75 Å². The van der Waals surface area contributed by atoms with Crippen molar-refractivity contribution in [3.63, 3.8) is 0 Å². The standard InChI is InChI=1S/C28H26N2O4/c1-17-6-7-20(14-18(17)2)26(31)21-8-10-24-23(16-21)27(3,4)28(29(24)5)13-12-19-15-22(30(32)33)9-11-25(19)34-28/h6-16H,1-5H3. The van der Waals surface area contributed by atoms with Gasteiger partial charge in [0.05, 0.1) is 10.3 Å².